The quantitative estimate of drug-likeness (QED) is 0.323. The number of rotatable bonds is 5. The third-order valence-electron chi connectivity index (χ3n) is 9.85. The SMILES string of the molecule is CC(C)c1nc2c(c3c1[C@@H](c1ccc(OC(C)(C)C)cc1)OC31CCOCC1)[C@@H](O[Si](C)(C)C(C)(C)C)CC(C)(C)C2. The summed E-state index contributed by atoms with van der Waals surface area (Å²) in [7, 11) is -2.07. The van der Waals surface area contributed by atoms with Crippen molar-refractivity contribution in [1.82, 2.24) is 4.98 Å². The first-order chi connectivity index (χ1) is 19.3. The third kappa shape index (κ3) is 5.98. The van der Waals surface area contributed by atoms with Crippen molar-refractivity contribution in [3.63, 3.8) is 0 Å². The van der Waals surface area contributed by atoms with Gasteiger partial charge in [-0.25, -0.2) is 0 Å². The molecule has 3 heterocycles. The summed E-state index contributed by atoms with van der Waals surface area (Å²) in [5, 5.41) is 0.121. The predicted molar refractivity (Wildman–Crippen MR) is 173 cm³/mol. The average Bonchev–Trinajstić information content (AvgIpc) is 3.15. The Morgan fingerprint density at radius 2 is 1.57 bits per heavy atom. The molecule has 1 aromatic carbocycles. The van der Waals surface area contributed by atoms with E-state index >= 15 is 0 Å². The molecule has 1 aromatic heterocycles. The third-order valence-corrected chi connectivity index (χ3v) is 14.3. The Labute approximate surface area is 256 Å². The molecular weight excluding hydrogens is 538 g/mol. The van der Waals surface area contributed by atoms with Gasteiger partial charge in [0, 0.05) is 48.6 Å². The number of pyridine rings is 1. The maximum atomic E-state index is 7.36. The van der Waals surface area contributed by atoms with Crippen LogP contribution in [-0.2, 0) is 25.9 Å². The van der Waals surface area contributed by atoms with E-state index in [1.165, 1.54) is 28.1 Å². The molecule has 0 radical (unpaired) electrons. The van der Waals surface area contributed by atoms with E-state index in [1.54, 1.807) is 0 Å². The second-order valence-electron chi connectivity index (χ2n) is 16.6. The summed E-state index contributed by atoms with van der Waals surface area (Å²) in [4.78, 5) is 5.54. The molecule has 2 aromatic rings. The summed E-state index contributed by atoms with van der Waals surface area (Å²) in [6.07, 6.45) is 3.50. The molecule has 0 amide bonds. The number of aromatic nitrogens is 1. The van der Waals surface area contributed by atoms with E-state index in [9.17, 15) is 0 Å². The van der Waals surface area contributed by atoms with E-state index in [2.05, 4.69) is 107 Å². The Bertz CT molecular complexity index is 1290. The number of fused-ring (bicyclic) bond motifs is 4. The molecule has 3 aliphatic rings. The lowest BCUT2D eigenvalue weighted by Crippen LogP contribution is -2.45. The zero-order valence-corrected chi connectivity index (χ0v) is 29.4. The van der Waals surface area contributed by atoms with E-state index in [1.807, 2.05) is 0 Å². The standard InChI is InChI=1S/C36H55NO4Si/c1-23(2)31-29-30(28-26(37-31)21-35(9,10)22-27(28)41-42(11,12)34(6,7)8)36(17-19-38-20-18-36)40-32(29)24-13-15-25(16-14-24)39-33(3,4)5/h13-16,23,27,32H,17-22H2,1-12H3/t27-,32+/m0/s1. The van der Waals surface area contributed by atoms with Crippen LogP contribution in [0, 0.1) is 5.41 Å². The maximum Gasteiger partial charge on any atom is 0.192 e. The van der Waals surface area contributed by atoms with Crippen molar-refractivity contribution in [3.05, 3.63) is 57.9 Å². The van der Waals surface area contributed by atoms with Gasteiger partial charge >= 0.3 is 0 Å². The van der Waals surface area contributed by atoms with Gasteiger partial charge in [-0.15, -0.1) is 0 Å². The topological polar surface area (TPSA) is 49.8 Å². The van der Waals surface area contributed by atoms with Crippen LogP contribution in [0.3, 0.4) is 0 Å². The molecule has 1 saturated heterocycles. The minimum atomic E-state index is -2.07. The number of nitrogens with zero attached hydrogens (tertiary/aromatic N) is 1. The van der Waals surface area contributed by atoms with E-state index < -0.39 is 13.9 Å². The van der Waals surface area contributed by atoms with Crippen LogP contribution in [0.4, 0.5) is 0 Å². The predicted octanol–water partition coefficient (Wildman–Crippen LogP) is 9.54. The normalized spacial score (nSPS) is 23.6. The fourth-order valence-corrected chi connectivity index (χ4v) is 8.10. The van der Waals surface area contributed by atoms with Crippen LogP contribution in [0.15, 0.2) is 24.3 Å². The average molecular weight is 594 g/mol. The molecule has 1 fully saturated rings. The molecule has 0 bridgehead atoms. The zero-order valence-electron chi connectivity index (χ0n) is 28.4. The fourth-order valence-electron chi connectivity index (χ4n) is 6.84. The van der Waals surface area contributed by atoms with E-state index in [0.29, 0.717) is 13.2 Å². The fraction of sp³-hybridized carbons (Fsp3) is 0.694. The molecule has 5 rings (SSSR count). The monoisotopic (exact) mass is 593 g/mol. The summed E-state index contributed by atoms with van der Waals surface area (Å²) in [5.41, 5.74) is 7.00. The molecular formula is C36H55NO4Si. The maximum absolute atomic E-state index is 7.36. The highest BCUT2D eigenvalue weighted by molar-refractivity contribution is 6.74. The van der Waals surface area contributed by atoms with Crippen LogP contribution >= 0.6 is 0 Å². The minimum absolute atomic E-state index is 0.0109. The van der Waals surface area contributed by atoms with Gasteiger partial charge in [0.15, 0.2) is 8.32 Å². The molecule has 1 aliphatic carbocycles. The molecule has 2 aliphatic heterocycles. The van der Waals surface area contributed by atoms with Gasteiger partial charge in [0.2, 0.25) is 0 Å². The van der Waals surface area contributed by atoms with Crippen molar-refractivity contribution >= 4 is 8.32 Å². The van der Waals surface area contributed by atoms with Gasteiger partial charge in [-0.05, 0) is 86.3 Å². The Balaban J connectivity index is 1.73. The smallest absolute Gasteiger partial charge is 0.192 e. The van der Waals surface area contributed by atoms with Gasteiger partial charge in [-0.3, -0.25) is 4.98 Å². The summed E-state index contributed by atoms with van der Waals surface area (Å²) in [6.45, 7) is 28.8. The molecule has 0 N–H and O–H groups in total. The molecule has 1 spiro atoms. The second-order valence-corrected chi connectivity index (χ2v) is 21.4. The zero-order chi connectivity index (χ0) is 30.9. The molecule has 0 saturated carbocycles. The van der Waals surface area contributed by atoms with Crippen LogP contribution in [0.5, 0.6) is 5.75 Å². The van der Waals surface area contributed by atoms with Gasteiger partial charge in [0.1, 0.15) is 17.5 Å². The van der Waals surface area contributed by atoms with E-state index in [0.717, 1.165) is 37.0 Å². The first kappa shape index (κ1) is 31.7. The van der Waals surface area contributed by atoms with Gasteiger partial charge in [0.25, 0.3) is 0 Å². The van der Waals surface area contributed by atoms with Crippen molar-refractivity contribution in [2.24, 2.45) is 5.41 Å². The minimum Gasteiger partial charge on any atom is -0.488 e. The summed E-state index contributed by atoms with van der Waals surface area (Å²) >= 11 is 0. The molecule has 232 valence electrons. The Kier molecular flexibility index (Phi) is 8.08. The Morgan fingerprint density at radius 3 is 2.12 bits per heavy atom. The van der Waals surface area contributed by atoms with Crippen LogP contribution in [0.2, 0.25) is 18.1 Å². The summed E-state index contributed by atoms with van der Waals surface area (Å²) < 4.78 is 26.8. The number of hydrogen-bond acceptors (Lipinski definition) is 5. The van der Waals surface area contributed by atoms with Crippen molar-refractivity contribution in [3.8, 4) is 5.75 Å². The van der Waals surface area contributed by atoms with Gasteiger partial charge in [-0.2, -0.15) is 0 Å². The summed E-state index contributed by atoms with van der Waals surface area (Å²) in [6, 6.07) is 8.55. The first-order valence-corrected chi connectivity index (χ1v) is 19.0. The van der Waals surface area contributed by atoms with Crippen molar-refractivity contribution in [1.29, 1.82) is 0 Å². The second kappa shape index (κ2) is 10.7. The highest BCUT2D eigenvalue weighted by Crippen LogP contribution is 2.59. The van der Waals surface area contributed by atoms with Crippen molar-refractivity contribution in [2.75, 3.05) is 13.2 Å². The first-order valence-electron chi connectivity index (χ1n) is 16.1. The van der Waals surface area contributed by atoms with Crippen LogP contribution < -0.4 is 4.74 Å². The van der Waals surface area contributed by atoms with Crippen molar-refractivity contribution in [2.45, 2.75) is 142 Å². The molecule has 2 atom stereocenters. The largest absolute Gasteiger partial charge is 0.488 e. The Hall–Kier alpha value is -1.73. The highest BCUT2D eigenvalue weighted by atomic mass is 28.4. The Morgan fingerprint density at radius 1 is 0.952 bits per heavy atom. The lowest BCUT2D eigenvalue weighted by Gasteiger charge is -2.46. The highest BCUT2D eigenvalue weighted by Gasteiger charge is 2.53. The van der Waals surface area contributed by atoms with Crippen LogP contribution in [0.1, 0.15) is 140 Å². The lowest BCUT2D eigenvalue weighted by atomic mass is 9.70. The number of ether oxygens (including phenoxy) is 3. The molecule has 6 heteroatoms. The van der Waals surface area contributed by atoms with E-state index in [4.69, 9.17) is 23.6 Å². The van der Waals surface area contributed by atoms with Gasteiger partial charge < -0.3 is 18.6 Å². The molecule has 5 nitrogen and oxygen atoms in total. The van der Waals surface area contributed by atoms with Gasteiger partial charge in [0.05, 0.1) is 11.7 Å². The van der Waals surface area contributed by atoms with Crippen LogP contribution in [0.25, 0.3) is 0 Å². The van der Waals surface area contributed by atoms with Gasteiger partial charge in [-0.1, -0.05) is 60.6 Å². The lowest BCUT2D eigenvalue weighted by molar-refractivity contribution is -0.122. The summed E-state index contributed by atoms with van der Waals surface area (Å²) in [5.74, 6) is 1.15. The molecule has 0 unspecified atom stereocenters. The molecule has 42 heavy (non-hydrogen) atoms. The number of benzene rings is 1. The van der Waals surface area contributed by atoms with E-state index in [-0.39, 0.29) is 34.2 Å². The van der Waals surface area contributed by atoms with Crippen LogP contribution in [-0.4, -0.2) is 32.1 Å². The number of hydrogen-bond donors (Lipinski definition) is 0. The van der Waals surface area contributed by atoms with Crippen molar-refractivity contribution < 1.29 is 18.6 Å².